The minimum Gasteiger partial charge on any atom is -0.480 e. The second kappa shape index (κ2) is 8.81. The second-order valence-electron chi connectivity index (χ2n) is 11.3. The number of halogens is 1. The zero-order chi connectivity index (χ0) is 26.2. The lowest BCUT2D eigenvalue weighted by molar-refractivity contribution is -0.237. The van der Waals surface area contributed by atoms with Crippen LogP contribution in [0.15, 0.2) is 29.8 Å². The van der Waals surface area contributed by atoms with Crippen LogP contribution in [0.5, 0.6) is 0 Å². The Morgan fingerprint density at radius 3 is 2.72 bits per heavy atom. The molecule has 4 N–H and O–H groups in total. The smallest absolute Gasteiger partial charge is 0.323 e. The number of para-hydroxylation sites is 1. The highest BCUT2D eigenvalue weighted by molar-refractivity contribution is 6.33. The van der Waals surface area contributed by atoms with Gasteiger partial charge in [0.2, 0.25) is 0 Å². The minimum absolute atomic E-state index is 0.0140. The summed E-state index contributed by atoms with van der Waals surface area (Å²) in [5.41, 5.74) is -2.46. The van der Waals surface area contributed by atoms with E-state index in [1.165, 1.54) is 5.06 Å². The molecule has 10 atom stereocenters. The summed E-state index contributed by atoms with van der Waals surface area (Å²) in [5, 5.41) is 40.2. The minimum atomic E-state index is -2.12. The first-order valence-corrected chi connectivity index (χ1v) is 13.1. The molecule has 1 aromatic rings. The number of aliphatic carboxylic acids is 1. The van der Waals surface area contributed by atoms with Crippen molar-refractivity contribution in [2.24, 2.45) is 35.5 Å². The maximum Gasteiger partial charge on any atom is 0.323 e. The summed E-state index contributed by atoms with van der Waals surface area (Å²) in [7, 11) is 1.64. The molecular formula is C27H35ClN2O6. The second-order valence-corrected chi connectivity index (χ2v) is 11.7. The average Bonchev–Trinajstić information content (AvgIpc) is 3.07. The van der Waals surface area contributed by atoms with E-state index < -0.39 is 35.4 Å². The summed E-state index contributed by atoms with van der Waals surface area (Å²) in [5.74, 6) is -1.93. The van der Waals surface area contributed by atoms with Crippen molar-refractivity contribution in [3.8, 4) is 0 Å². The standard InChI is InChI=1S/C27H35ClN2O6/c1-13-10-17-16(15(3)12-31)9-8-14(2)21(17)19(11-13)26(34)23(24(32)33)29-25-27(26,35)18-6-5-7-20(28)22(18)30(4)36-25/h5-7,10,12,14-17,19,21,23,25,29,34-35H,8-9,11H2,1-4H3,(H,32,33)/t14?,15?,16?,17?,19?,21?,23-,25-,26?,27+/m1/s1. The van der Waals surface area contributed by atoms with E-state index in [0.29, 0.717) is 22.7 Å². The van der Waals surface area contributed by atoms with Gasteiger partial charge in [0.25, 0.3) is 0 Å². The summed E-state index contributed by atoms with van der Waals surface area (Å²) in [6, 6.07) is 3.54. The van der Waals surface area contributed by atoms with Gasteiger partial charge in [0, 0.05) is 24.4 Å². The summed E-state index contributed by atoms with van der Waals surface area (Å²) < 4.78 is 0. The Morgan fingerprint density at radius 2 is 2.06 bits per heavy atom. The number of rotatable bonds is 4. The molecule has 8 nitrogen and oxygen atoms in total. The van der Waals surface area contributed by atoms with Crippen molar-refractivity contribution in [3.05, 3.63) is 40.4 Å². The molecule has 2 aliphatic carbocycles. The van der Waals surface area contributed by atoms with Crippen LogP contribution in [0, 0.1) is 35.5 Å². The highest BCUT2D eigenvalue weighted by atomic mass is 35.5. The Kier molecular flexibility index (Phi) is 6.28. The van der Waals surface area contributed by atoms with E-state index in [2.05, 4.69) is 18.3 Å². The predicted molar refractivity (Wildman–Crippen MR) is 134 cm³/mol. The summed E-state index contributed by atoms with van der Waals surface area (Å²) >= 11 is 6.50. The number of allylic oxidation sites excluding steroid dienone is 2. The summed E-state index contributed by atoms with van der Waals surface area (Å²) in [4.78, 5) is 30.4. The number of nitrogens with one attached hydrogen (secondary N) is 1. The maximum absolute atomic E-state index is 12.7. The number of carbonyl (C=O) groups excluding carboxylic acids is 1. The number of carbonyl (C=O) groups is 2. The first kappa shape index (κ1) is 25.7. The van der Waals surface area contributed by atoms with Crippen LogP contribution in [0.25, 0.3) is 0 Å². The fourth-order valence-corrected chi connectivity index (χ4v) is 8.14. The Morgan fingerprint density at radius 1 is 1.33 bits per heavy atom. The van der Waals surface area contributed by atoms with Crippen molar-refractivity contribution in [3.63, 3.8) is 0 Å². The van der Waals surface area contributed by atoms with E-state index in [-0.39, 0.29) is 29.6 Å². The summed E-state index contributed by atoms with van der Waals surface area (Å²) in [6.07, 6.45) is 4.17. The molecule has 5 rings (SSSR count). The quantitative estimate of drug-likeness (QED) is 0.354. The fraction of sp³-hybridized carbons (Fsp3) is 0.630. The lowest BCUT2D eigenvalue weighted by Gasteiger charge is -2.56. The molecule has 1 aromatic carbocycles. The SMILES string of the molecule is CC1=CC2C(C(C)C=O)CCC(C)C2C(C2(O)[C@@H](C(=O)O)N[C@@H]3ON(C)c4c(Cl)cccc4[C@]32O)C1. The topological polar surface area (TPSA) is 119 Å². The van der Waals surface area contributed by atoms with Crippen molar-refractivity contribution in [1.29, 1.82) is 0 Å². The van der Waals surface area contributed by atoms with E-state index in [9.17, 15) is 24.9 Å². The largest absolute Gasteiger partial charge is 0.480 e. The van der Waals surface area contributed by atoms with Crippen LogP contribution >= 0.6 is 11.6 Å². The molecule has 2 fully saturated rings. The van der Waals surface area contributed by atoms with Crippen molar-refractivity contribution in [2.75, 3.05) is 12.1 Å². The lowest BCUT2D eigenvalue weighted by Crippen LogP contribution is -2.67. The van der Waals surface area contributed by atoms with Crippen LogP contribution in [0.1, 0.15) is 45.6 Å². The molecule has 9 heteroatoms. The molecule has 0 bridgehead atoms. The molecule has 2 heterocycles. The molecule has 4 aliphatic rings. The number of nitrogens with zero attached hydrogens (tertiary/aromatic N) is 1. The Labute approximate surface area is 216 Å². The lowest BCUT2D eigenvalue weighted by atomic mass is 9.51. The highest BCUT2D eigenvalue weighted by Crippen LogP contribution is 2.61. The Bertz CT molecular complexity index is 1110. The molecule has 0 radical (unpaired) electrons. The molecule has 1 saturated carbocycles. The van der Waals surface area contributed by atoms with Gasteiger partial charge in [0.15, 0.2) is 11.8 Å². The Hall–Kier alpha value is -1.97. The number of aldehydes is 1. The van der Waals surface area contributed by atoms with Gasteiger partial charge >= 0.3 is 5.97 Å². The zero-order valence-electron chi connectivity index (χ0n) is 21.0. The van der Waals surface area contributed by atoms with E-state index in [1.807, 2.05) is 13.8 Å². The number of hydroxylamine groups is 1. The number of anilines is 1. The Balaban J connectivity index is 1.72. The first-order chi connectivity index (χ1) is 17.0. The number of benzene rings is 1. The van der Waals surface area contributed by atoms with Gasteiger partial charge in [0.1, 0.15) is 17.9 Å². The monoisotopic (exact) mass is 518 g/mol. The third-order valence-corrected chi connectivity index (χ3v) is 9.77. The molecule has 2 aliphatic heterocycles. The van der Waals surface area contributed by atoms with Gasteiger partial charge in [-0.1, -0.05) is 55.7 Å². The van der Waals surface area contributed by atoms with Crippen LogP contribution in [-0.2, 0) is 20.0 Å². The maximum atomic E-state index is 12.7. The number of carboxylic acids is 1. The van der Waals surface area contributed by atoms with E-state index in [0.717, 1.165) is 24.7 Å². The molecule has 36 heavy (non-hydrogen) atoms. The third-order valence-electron chi connectivity index (χ3n) is 9.46. The fourth-order valence-electron chi connectivity index (χ4n) is 7.85. The average molecular weight is 519 g/mol. The van der Waals surface area contributed by atoms with Crippen LogP contribution in [0.4, 0.5) is 5.69 Å². The van der Waals surface area contributed by atoms with Gasteiger partial charge in [0.05, 0.1) is 10.7 Å². The number of carboxylic acid groups (broad SMARTS) is 1. The molecule has 0 amide bonds. The predicted octanol–water partition coefficient (Wildman–Crippen LogP) is 3.10. The molecule has 7 unspecified atom stereocenters. The van der Waals surface area contributed by atoms with Gasteiger partial charge in [-0.15, -0.1) is 0 Å². The van der Waals surface area contributed by atoms with Gasteiger partial charge in [-0.3, -0.25) is 20.0 Å². The first-order valence-electron chi connectivity index (χ1n) is 12.7. The zero-order valence-corrected chi connectivity index (χ0v) is 21.8. The van der Waals surface area contributed by atoms with Crippen LogP contribution < -0.4 is 10.4 Å². The number of fused-ring (bicyclic) bond motifs is 4. The number of aliphatic hydroxyl groups is 2. The van der Waals surface area contributed by atoms with Crippen molar-refractivity contribution in [2.45, 2.75) is 63.5 Å². The van der Waals surface area contributed by atoms with Gasteiger partial charge in [-0.05, 0) is 49.5 Å². The van der Waals surface area contributed by atoms with Crippen LogP contribution in [0.2, 0.25) is 5.02 Å². The number of hydrogen-bond acceptors (Lipinski definition) is 7. The summed E-state index contributed by atoms with van der Waals surface area (Å²) in [6.45, 7) is 6.03. The molecule has 0 aromatic heterocycles. The van der Waals surface area contributed by atoms with Gasteiger partial charge in [-0.25, -0.2) is 0 Å². The van der Waals surface area contributed by atoms with Gasteiger partial charge in [-0.2, -0.15) is 0 Å². The molecule has 1 saturated heterocycles. The molecular weight excluding hydrogens is 484 g/mol. The van der Waals surface area contributed by atoms with E-state index in [4.69, 9.17) is 16.4 Å². The van der Waals surface area contributed by atoms with Crippen molar-refractivity contribution in [1.82, 2.24) is 5.32 Å². The molecule has 196 valence electrons. The third kappa shape index (κ3) is 3.34. The molecule has 0 spiro atoms. The number of hydrogen-bond donors (Lipinski definition) is 4. The van der Waals surface area contributed by atoms with Crippen LogP contribution in [-0.4, -0.2) is 52.5 Å². The van der Waals surface area contributed by atoms with E-state index in [1.54, 1.807) is 25.2 Å². The van der Waals surface area contributed by atoms with Crippen molar-refractivity contribution < 1.29 is 29.7 Å². The van der Waals surface area contributed by atoms with Crippen molar-refractivity contribution >= 4 is 29.5 Å². The van der Waals surface area contributed by atoms with Crippen LogP contribution in [0.3, 0.4) is 0 Å². The highest BCUT2D eigenvalue weighted by Gasteiger charge is 2.74. The van der Waals surface area contributed by atoms with Gasteiger partial charge < -0.3 is 20.1 Å². The normalized spacial score (nSPS) is 42.6. The van der Waals surface area contributed by atoms with E-state index >= 15 is 0 Å².